The standard InChI is InChI=1S/C14H11BrFNO2/c1-19-11-5-3-10(4-6-11)17-14(18)12-7-2-9(15)8-13(12)16/h2-8H,1H3,(H,17,18). The highest BCUT2D eigenvalue weighted by atomic mass is 79.9. The molecule has 3 nitrogen and oxygen atoms in total. The molecule has 0 spiro atoms. The number of methoxy groups -OCH3 is 1. The van der Waals surface area contributed by atoms with Gasteiger partial charge in [0.25, 0.3) is 5.91 Å². The maximum absolute atomic E-state index is 13.6. The van der Waals surface area contributed by atoms with Crippen LogP contribution in [-0.2, 0) is 0 Å². The van der Waals surface area contributed by atoms with Gasteiger partial charge in [0.15, 0.2) is 0 Å². The van der Waals surface area contributed by atoms with Gasteiger partial charge in [-0.1, -0.05) is 15.9 Å². The van der Waals surface area contributed by atoms with Crippen LogP contribution in [0.5, 0.6) is 5.75 Å². The van der Waals surface area contributed by atoms with Crippen LogP contribution in [0.25, 0.3) is 0 Å². The second kappa shape index (κ2) is 5.84. The Morgan fingerprint density at radius 2 is 1.89 bits per heavy atom. The lowest BCUT2D eigenvalue weighted by Gasteiger charge is -2.07. The van der Waals surface area contributed by atoms with Crippen LogP contribution in [-0.4, -0.2) is 13.0 Å². The topological polar surface area (TPSA) is 38.3 Å². The van der Waals surface area contributed by atoms with E-state index in [2.05, 4.69) is 21.2 Å². The van der Waals surface area contributed by atoms with Crippen LogP contribution in [0, 0.1) is 5.82 Å². The summed E-state index contributed by atoms with van der Waals surface area (Å²) in [5.41, 5.74) is 0.576. The highest BCUT2D eigenvalue weighted by Gasteiger charge is 2.12. The number of halogens is 2. The van der Waals surface area contributed by atoms with Gasteiger partial charge in [-0.05, 0) is 42.5 Å². The van der Waals surface area contributed by atoms with Crippen molar-refractivity contribution in [3.05, 3.63) is 58.3 Å². The van der Waals surface area contributed by atoms with E-state index in [4.69, 9.17) is 4.74 Å². The third kappa shape index (κ3) is 3.32. The Morgan fingerprint density at radius 1 is 1.21 bits per heavy atom. The van der Waals surface area contributed by atoms with Crippen LogP contribution in [0.2, 0.25) is 0 Å². The van der Waals surface area contributed by atoms with Crippen LogP contribution in [0.3, 0.4) is 0 Å². The van der Waals surface area contributed by atoms with E-state index >= 15 is 0 Å². The Balaban J connectivity index is 2.15. The third-order valence-electron chi connectivity index (χ3n) is 2.52. The summed E-state index contributed by atoms with van der Waals surface area (Å²) in [6.45, 7) is 0. The summed E-state index contributed by atoms with van der Waals surface area (Å²) in [6.07, 6.45) is 0. The minimum atomic E-state index is -0.569. The van der Waals surface area contributed by atoms with Crippen molar-refractivity contribution < 1.29 is 13.9 Å². The molecule has 0 fully saturated rings. The molecule has 1 N–H and O–H groups in total. The van der Waals surface area contributed by atoms with Crippen molar-refractivity contribution in [2.45, 2.75) is 0 Å². The predicted octanol–water partition coefficient (Wildman–Crippen LogP) is 3.85. The van der Waals surface area contributed by atoms with E-state index in [-0.39, 0.29) is 5.56 Å². The molecule has 0 aliphatic rings. The number of rotatable bonds is 3. The maximum Gasteiger partial charge on any atom is 0.258 e. The van der Waals surface area contributed by atoms with Gasteiger partial charge in [-0.2, -0.15) is 0 Å². The number of hydrogen-bond acceptors (Lipinski definition) is 2. The number of anilines is 1. The zero-order chi connectivity index (χ0) is 13.8. The number of amides is 1. The number of ether oxygens (including phenoxy) is 1. The van der Waals surface area contributed by atoms with Gasteiger partial charge in [0.1, 0.15) is 11.6 Å². The first-order valence-electron chi connectivity index (χ1n) is 5.50. The van der Waals surface area contributed by atoms with Crippen molar-refractivity contribution in [1.29, 1.82) is 0 Å². The van der Waals surface area contributed by atoms with Crippen molar-refractivity contribution in [1.82, 2.24) is 0 Å². The third-order valence-corrected chi connectivity index (χ3v) is 3.02. The van der Waals surface area contributed by atoms with E-state index in [1.54, 1.807) is 37.4 Å². The van der Waals surface area contributed by atoms with E-state index < -0.39 is 11.7 Å². The lowest BCUT2D eigenvalue weighted by Crippen LogP contribution is -2.13. The fourth-order valence-electron chi connectivity index (χ4n) is 1.55. The highest BCUT2D eigenvalue weighted by Crippen LogP contribution is 2.18. The molecule has 0 saturated carbocycles. The fraction of sp³-hybridized carbons (Fsp3) is 0.0714. The van der Waals surface area contributed by atoms with Crippen LogP contribution < -0.4 is 10.1 Å². The Bertz CT molecular complexity index is 599. The summed E-state index contributed by atoms with van der Waals surface area (Å²) in [6, 6.07) is 11.1. The molecule has 0 bridgehead atoms. The fourth-order valence-corrected chi connectivity index (χ4v) is 1.88. The minimum absolute atomic E-state index is 0.000909. The molecular weight excluding hydrogens is 313 g/mol. The summed E-state index contributed by atoms with van der Waals surface area (Å²) in [4.78, 5) is 11.9. The SMILES string of the molecule is COc1ccc(NC(=O)c2ccc(Br)cc2F)cc1. The van der Waals surface area contributed by atoms with Crippen molar-refractivity contribution >= 4 is 27.5 Å². The number of nitrogens with one attached hydrogen (secondary N) is 1. The number of carbonyl (C=O) groups excluding carboxylic acids is 1. The second-order valence-corrected chi connectivity index (χ2v) is 4.72. The van der Waals surface area contributed by atoms with E-state index in [1.807, 2.05) is 0 Å². The Labute approximate surface area is 118 Å². The molecule has 0 aliphatic carbocycles. The summed E-state index contributed by atoms with van der Waals surface area (Å²) in [5, 5.41) is 2.62. The predicted molar refractivity (Wildman–Crippen MR) is 75.0 cm³/mol. The Hall–Kier alpha value is -1.88. The van der Waals surface area contributed by atoms with E-state index in [9.17, 15) is 9.18 Å². The molecule has 1 amide bonds. The zero-order valence-corrected chi connectivity index (χ0v) is 11.7. The zero-order valence-electron chi connectivity index (χ0n) is 10.1. The number of carbonyl (C=O) groups is 1. The van der Waals surface area contributed by atoms with Crippen molar-refractivity contribution in [3.8, 4) is 5.75 Å². The highest BCUT2D eigenvalue weighted by molar-refractivity contribution is 9.10. The van der Waals surface area contributed by atoms with Gasteiger partial charge in [0.2, 0.25) is 0 Å². The molecular formula is C14H11BrFNO2. The molecule has 2 aromatic carbocycles. The van der Waals surface area contributed by atoms with E-state index in [1.165, 1.54) is 12.1 Å². The first-order chi connectivity index (χ1) is 9.10. The first kappa shape index (κ1) is 13.5. The van der Waals surface area contributed by atoms with E-state index in [0.29, 0.717) is 15.9 Å². The lowest BCUT2D eigenvalue weighted by molar-refractivity contribution is 0.102. The monoisotopic (exact) mass is 323 g/mol. The molecule has 98 valence electrons. The Morgan fingerprint density at radius 3 is 2.47 bits per heavy atom. The van der Waals surface area contributed by atoms with Crippen LogP contribution >= 0.6 is 15.9 Å². The van der Waals surface area contributed by atoms with Gasteiger partial charge in [-0.3, -0.25) is 4.79 Å². The second-order valence-electron chi connectivity index (χ2n) is 3.81. The van der Waals surface area contributed by atoms with Gasteiger partial charge in [-0.15, -0.1) is 0 Å². The van der Waals surface area contributed by atoms with Gasteiger partial charge in [0, 0.05) is 10.2 Å². The van der Waals surface area contributed by atoms with E-state index in [0.717, 1.165) is 0 Å². The van der Waals surface area contributed by atoms with Gasteiger partial charge >= 0.3 is 0 Å². The molecule has 0 aromatic heterocycles. The lowest BCUT2D eigenvalue weighted by atomic mass is 10.2. The smallest absolute Gasteiger partial charge is 0.258 e. The van der Waals surface area contributed by atoms with Crippen LogP contribution in [0.4, 0.5) is 10.1 Å². The quantitative estimate of drug-likeness (QED) is 0.931. The molecule has 2 aromatic rings. The largest absolute Gasteiger partial charge is 0.497 e. The van der Waals surface area contributed by atoms with Crippen molar-refractivity contribution in [3.63, 3.8) is 0 Å². The van der Waals surface area contributed by atoms with Gasteiger partial charge < -0.3 is 10.1 Å². The molecule has 0 radical (unpaired) electrons. The van der Waals surface area contributed by atoms with Gasteiger partial charge in [0.05, 0.1) is 12.7 Å². The summed E-state index contributed by atoms with van der Waals surface area (Å²) < 4.78 is 19.2. The molecule has 0 saturated heterocycles. The average molecular weight is 324 g/mol. The van der Waals surface area contributed by atoms with Crippen LogP contribution in [0.15, 0.2) is 46.9 Å². The van der Waals surface area contributed by atoms with Gasteiger partial charge in [-0.25, -0.2) is 4.39 Å². The average Bonchev–Trinajstić information content (AvgIpc) is 2.39. The summed E-state index contributed by atoms with van der Waals surface area (Å²) >= 11 is 3.14. The molecule has 0 unspecified atom stereocenters. The number of hydrogen-bond donors (Lipinski definition) is 1. The van der Waals surface area contributed by atoms with Crippen molar-refractivity contribution in [2.24, 2.45) is 0 Å². The molecule has 0 aliphatic heterocycles. The summed E-state index contributed by atoms with van der Waals surface area (Å²) in [5.74, 6) is -0.372. The molecule has 0 atom stereocenters. The number of benzene rings is 2. The summed E-state index contributed by atoms with van der Waals surface area (Å²) in [7, 11) is 1.56. The molecule has 19 heavy (non-hydrogen) atoms. The minimum Gasteiger partial charge on any atom is -0.497 e. The molecule has 2 rings (SSSR count). The maximum atomic E-state index is 13.6. The van der Waals surface area contributed by atoms with Crippen molar-refractivity contribution in [2.75, 3.05) is 12.4 Å². The Kier molecular flexibility index (Phi) is 4.16. The molecule has 5 heteroatoms. The first-order valence-corrected chi connectivity index (χ1v) is 6.30. The molecule has 0 heterocycles. The van der Waals surface area contributed by atoms with Crippen LogP contribution in [0.1, 0.15) is 10.4 Å². The normalized spacial score (nSPS) is 10.1.